The lowest BCUT2D eigenvalue weighted by atomic mass is 10.2. The average molecular weight is 306 g/mol. The van der Waals surface area contributed by atoms with Crippen molar-refractivity contribution in [3.63, 3.8) is 0 Å². The van der Waals surface area contributed by atoms with E-state index in [0.29, 0.717) is 10.7 Å². The Morgan fingerprint density at radius 2 is 1.90 bits per heavy atom. The van der Waals surface area contributed by atoms with Crippen LogP contribution in [0.5, 0.6) is 5.75 Å². The molecular formula is C16H16ClNO3. The van der Waals surface area contributed by atoms with Gasteiger partial charge >= 0.3 is 6.09 Å². The van der Waals surface area contributed by atoms with Gasteiger partial charge in [0.05, 0.1) is 7.11 Å². The van der Waals surface area contributed by atoms with E-state index in [4.69, 9.17) is 21.1 Å². The van der Waals surface area contributed by atoms with Crippen molar-refractivity contribution in [2.45, 2.75) is 13.5 Å². The minimum absolute atomic E-state index is 0.190. The van der Waals surface area contributed by atoms with Crippen LogP contribution < -0.4 is 10.1 Å². The van der Waals surface area contributed by atoms with Crippen LogP contribution in [0, 0.1) is 6.92 Å². The summed E-state index contributed by atoms with van der Waals surface area (Å²) in [6, 6.07) is 12.6. The fourth-order valence-electron chi connectivity index (χ4n) is 1.75. The fourth-order valence-corrected chi connectivity index (χ4v) is 1.92. The topological polar surface area (TPSA) is 47.6 Å². The van der Waals surface area contributed by atoms with Gasteiger partial charge in [-0.3, -0.25) is 5.32 Å². The van der Waals surface area contributed by atoms with E-state index in [1.807, 2.05) is 37.3 Å². The number of nitrogens with one attached hydrogen (secondary N) is 1. The van der Waals surface area contributed by atoms with Crippen LogP contribution >= 0.6 is 11.6 Å². The maximum Gasteiger partial charge on any atom is 0.411 e. The number of hydrogen-bond acceptors (Lipinski definition) is 3. The van der Waals surface area contributed by atoms with Crippen LogP contribution in [0.2, 0.25) is 5.02 Å². The quantitative estimate of drug-likeness (QED) is 0.910. The minimum Gasteiger partial charge on any atom is -0.497 e. The summed E-state index contributed by atoms with van der Waals surface area (Å²) < 4.78 is 10.2. The van der Waals surface area contributed by atoms with Crippen LogP contribution in [0.3, 0.4) is 0 Å². The van der Waals surface area contributed by atoms with Crippen molar-refractivity contribution in [1.82, 2.24) is 0 Å². The molecule has 0 saturated carbocycles. The second-order valence-corrected chi connectivity index (χ2v) is 4.94. The molecule has 0 atom stereocenters. The van der Waals surface area contributed by atoms with E-state index in [-0.39, 0.29) is 6.61 Å². The first-order valence-corrected chi connectivity index (χ1v) is 6.79. The molecule has 0 heterocycles. The first-order chi connectivity index (χ1) is 10.1. The van der Waals surface area contributed by atoms with Gasteiger partial charge in [-0.25, -0.2) is 4.79 Å². The second kappa shape index (κ2) is 6.99. The Labute approximate surface area is 128 Å². The molecule has 0 bridgehead atoms. The summed E-state index contributed by atoms with van der Waals surface area (Å²) in [5, 5.41) is 3.23. The molecule has 0 aromatic heterocycles. The molecule has 0 aliphatic heterocycles. The molecule has 0 radical (unpaired) electrons. The number of hydrogen-bond donors (Lipinski definition) is 1. The van der Waals surface area contributed by atoms with Crippen LogP contribution in [-0.4, -0.2) is 13.2 Å². The first-order valence-electron chi connectivity index (χ1n) is 6.41. The number of carbonyl (C=O) groups is 1. The van der Waals surface area contributed by atoms with Crippen molar-refractivity contribution < 1.29 is 14.3 Å². The Hall–Kier alpha value is -2.20. The number of aryl methyl sites for hydroxylation is 1. The zero-order chi connectivity index (χ0) is 15.2. The molecule has 21 heavy (non-hydrogen) atoms. The van der Waals surface area contributed by atoms with Crippen LogP contribution in [0.25, 0.3) is 0 Å². The standard InChI is InChI=1S/C16H16ClNO3/c1-11-3-6-13(17)9-15(11)18-16(19)21-10-12-4-7-14(20-2)8-5-12/h3-9H,10H2,1-2H3,(H,18,19). The summed E-state index contributed by atoms with van der Waals surface area (Å²) in [7, 11) is 1.60. The zero-order valence-electron chi connectivity index (χ0n) is 11.9. The number of benzene rings is 2. The highest BCUT2D eigenvalue weighted by molar-refractivity contribution is 6.30. The average Bonchev–Trinajstić information content (AvgIpc) is 2.49. The number of anilines is 1. The lowest BCUT2D eigenvalue weighted by Gasteiger charge is -2.10. The Kier molecular flexibility index (Phi) is 5.06. The van der Waals surface area contributed by atoms with E-state index in [1.165, 1.54) is 0 Å². The highest BCUT2D eigenvalue weighted by Crippen LogP contribution is 2.20. The molecule has 1 amide bonds. The summed E-state index contributed by atoms with van der Waals surface area (Å²) in [5.41, 5.74) is 2.44. The van der Waals surface area contributed by atoms with E-state index in [2.05, 4.69) is 5.32 Å². The van der Waals surface area contributed by atoms with Crippen molar-refractivity contribution in [3.05, 3.63) is 58.6 Å². The maximum atomic E-state index is 11.8. The molecule has 4 nitrogen and oxygen atoms in total. The van der Waals surface area contributed by atoms with E-state index >= 15 is 0 Å². The molecule has 2 rings (SSSR count). The van der Waals surface area contributed by atoms with Gasteiger partial charge in [0.15, 0.2) is 0 Å². The van der Waals surface area contributed by atoms with Crippen molar-refractivity contribution >= 4 is 23.4 Å². The molecule has 2 aromatic rings. The summed E-state index contributed by atoms with van der Waals surface area (Å²) in [6.07, 6.45) is -0.517. The van der Waals surface area contributed by atoms with Crippen molar-refractivity contribution in [1.29, 1.82) is 0 Å². The Balaban J connectivity index is 1.91. The third-order valence-corrected chi connectivity index (χ3v) is 3.20. The molecule has 0 aliphatic rings. The number of ether oxygens (including phenoxy) is 2. The Morgan fingerprint density at radius 1 is 1.19 bits per heavy atom. The highest BCUT2D eigenvalue weighted by Gasteiger charge is 2.06. The van der Waals surface area contributed by atoms with Gasteiger partial charge in [-0.1, -0.05) is 29.8 Å². The van der Waals surface area contributed by atoms with Crippen LogP contribution in [0.1, 0.15) is 11.1 Å². The number of methoxy groups -OCH3 is 1. The first kappa shape index (κ1) is 15.2. The summed E-state index contributed by atoms with van der Waals surface area (Å²) >= 11 is 5.90. The molecular weight excluding hydrogens is 290 g/mol. The van der Waals surface area contributed by atoms with Gasteiger partial charge in [0, 0.05) is 10.7 Å². The Bertz CT molecular complexity index is 626. The van der Waals surface area contributed by atoms with Gasteiger partial charge in [-0.05, 0) is 42.3 Å². The zero-order valence-corrected chi connectivity index (χ0v) is 12.6. The number of rotatable bonds is 4. The molecule has 0 spiro atoms. The van der Waals surface area contributed by atoms with Gasteiger partial charge in [-0.2, -0.15) is 0 Å². The third kappa shape index (κ3) is 4.39. The summed E-state index contributed by atoms with van der Waals surface area (Å²) in [6.45, 7) is 2.07. The van der Waals surface area contributed by atoms with E-state index < -0.39 is 6.09 Å². The number of carbonyl (C=O) groups excluding carboxylic acids is 1. The van der Waals surface area contributed by atoms with Crippen molar-refractivity contribution in [3.8, 4) is 5.75 Å². The molecule has 0 fully saturated rings. The molecule has 1 N–H and O–H groups in total. The monoisotopic (exact) mass is 305 g/mol. The van der Waals surface area contributed by atoms with Gasteiger partial charge in [0.1, 0.15) is 12.4 Å². The second-order valence-electron chi connectivity index (χ2n) is 4.51. The van der Waals surface area contributed by atoms with Crippen LogP contribution in [-0.2, 0) is 11.3 Å². The van der Waals surface area contributed by atoms with Gasteiger partial charge < -0.3 is 9.47 Å². The molecule has 5 heteroatoms. The lowest BCUT2D eigenvalue weighted by Crippen LogP contribution is -2.14. The predicted molar refractivity (Wildman–Crippen MR) is 83.0 cm³/mol. The van der Waals surface area contributed by atoms with Crippen LogP contribution in [0.15, 0.2) is 42.5 Å². The van der Waals surface area contributed by atoms with Gasteiger partial charge in [0.25, 0.3) is 0 Å². The molecule has 110 valence electrons. The molecule has 0 aliphatic carbocycles. The lowest BCUT2D eigenvalue weighted by molar-refractivity contribution is 0.155. The van der Waals surface area contributed by atoms with Crippen LogP contribution in [0.4, 0.5) is 10.5 Å². The third-order valence-electron chi connectivity index (χ3n) is 2.97. The minimum atomic E-state index is -0.517. The molecule has 2 aromatic carbocycles. The number of amides is 1. The molecule has 0 unspecified atom stereocenters. The van der Waals surface area contributed by atoms with Gasteiger partial charge in [0.2, 0.25) is 0 Å². The maximum absolute atomic E-state index is 11.8. The van der Waals surface area contributed by atoms with Crippen molar-refractivity contribution in [2.75, 3.05) is 12.4 Å². The number of halogens is 1. The van der Waals surface area contributed by atoms with E-state index in [0.717, 1.165) is 16.9 Å². The van der Waals surface area contributed by atoms with Crippen molar-refractivity contribution in [2.24, 2.45) is 0 Å². The smallest absolute Gasteiger partial charge is 0.411 e. The van der Waals surface area contributed by atoms with Gasteiger partial charge in [-0.15, -0.1) is 0 Å². The Morgan fingerprint density at radius 3 is 2.57 bits per heavy atom. The normalized spacial score (nSPS) is 10.0. The predicted octanol–water partition coefficient (Wildman–Crippen LogP) is 4.41. The molecule has 0 saturated heterocycles. The highest BCUT2D eigenvalue weighted by atomic mass is 35.5. The van der Waals surface area contributed by atoms with E-state index in [9.17, 15) is 4.79 Å². The van der Waals surface area contributed by atoms with E-state index in [1.54, 1.807) is 19.2 Å². The summed E-state index contributed by atoms with van der Waals surface area (Å²) in [4.78, 5) is 11.8. The fraction of sp³-hybridized carbons (Fsp3) is 0.188. The largest absolute Gasteiger partial charge is 0.497 e. The SMILES string of the molecule is COc1ccc(COC(=O)Nc2cc(Cl)ccc2C)cc1. The summed E-state index contributed by atoms with van der Waals surface area (Å²) in [5.74, 6) is 0.762.